The molecular weight excluding hydrogens is 206 g/mol. The van der Waals surface area contributed by atoms with Crippen molar-refractivity contribution in [2.24, 2.45) is 0 Å². The molecule has 2 nitrogen and oxygen atoms in total. The molecular formula is C12H17NOS. The van der Waals surface area contributed by atoms with Crippen LogP contribution in [0, 0.1) is 6.92 Å². The van der Waals surface area contributed by atoms with Crippen LogP contribution in [0.3, 0.4) is 0 Å². The molecule has 0 saturated heterocycles. The van der Waals surface area contributed by atoms with E-state index in [4.69, 9.17) is 4.74 Å². The van der Waals surface area contributed by atoms with Gasteiger partial charge in [-0.1, -0.05) is 0 Å². The maximum Gasteiger partial charge on any atom is 0.110 e. The number of aryl methyl sites for hydroxylation is 1. The molecule has 0 amide bonds. The number of allylic oxidation sites excluding steroid dienone is 1. The minimum atomic E-state index is 0.357. The van der Waals surface area contributed by atoms with E-state index in [1.165, 1.54) is 10.4 Å². The lowest BCUT2D eigenvalue weighted by Crippen LogP contribution is -2.28. The number of hydrogen-bond donors (Lipinski definition) is 1. The largest absolute Gasteiger partial charge is 0.497 e. The van der Waals surface area contributed by atoms with Crippen molar-refractivity contribution in [2.75, 3.05) is 6.54 Å². The Hall–Kier alpha value is -0.800. The van der Waals surface area contributed by atoms with Crippen molar-refractivity contribution in [3.8, 4) is 0 Å². The number of rotatable bonds is 4. The van der Waals surface area contributed by atoms with E-state index in [1.807, 2.05) is 17.6 Å². The van der Waals surface area contributed by atoms with Crippen molar-refractivity contribution in [1.29, 1.82) is 0 Å². The van der Waals surface area contributed by atoms with E-state index in [1.54, 1.807) is 0 Å². The highest BCUT2D eigenvalue weighted by Crippen LogP contribution is 2.15. The van der Waals surface area contributed by atoms with Gasteiger partial charge in [-0.2, -0.15) is 0 Å². The smallest absolute Gasteiger partial charge is 0.110 e. The second kappa shape index (κ2) is 5.33. The first-order valence-electron chi connectivity index (χ1n) is 5.40. The van der Waals surface area contributed by atoms with E-state index in [2.05, 4.69) is 29.8 Å². The lowest BCUT2D eigenvalue weighted by atomic mass is 10.1. The minimum absolute atomic E-state index is 0.357. The van der Waals surface area contributed by atoms with Gasteiger partial charge in [-0.05, 0) is 42.9 Å². The van der Waals surface area contributed by atoms with Crippen molar-refractivity contribution in [3.05, 3.63) is 34.2 Å². The van der Waals surface area contributed by atoms with Crippen molar-refractivity contribution in [3.63, 3.8) is 0 Å². The van der Waals surface area contributed by atoms with E-state index >= 15 is 0 Å². The van der Waals surface area contributed by atoms with Crippen LogP contribution in [0.5, 0.6) is 0 Å². The molecule has 0 bridgehead atoms. The van der Waals surface area contributed by atoms with E-state index < -0.39 is 0 Å². The topological polar surface area (TPSA) is 21.3 Å². The van der Waals surface area contributed by atoms with E-state index in [9.17, 15) is 0 Å². The highest BCUT2D eigenvalue weighted by molar-refractivity contribution is 7.10. The molecule has 1 aromatic rings. The van der Waals surface area contributed by atoms with Crippen LogP contribution in [0.25, 0.3) is 0 Å². The molecule has 1 unspecified atom stereocenters. The Labute approximate surface area is 95.0 Å². The van der Waals surface area contributed by atoms with Gasteiger partial charge in [-0.25, -0.2) is 0 Å². The van der Waals surface area contributed by atoms with Crippen LogP contribution in [-0.2, 0) is 11.3 Å². The van der Waals surface area contributed by atoms with Crippen LogP contribution in [0.2, 0.25) is 0 Å². The predicted molar refractivity (Wildman–Crippen MR) is 64.0 cm³/mol. The zero-order chi connectivity index (χ0) is 10.5. The van der Waals surface area contributed by atoms with Gasteiger partial charge in [0.05, 0.1) is 6.26 Å². The molecule has 0 spiro atoms. The third-order valence-electron chi connectivity index (χ3n) is 2.65. The molecule has 3 heteroatoms. The summed E-state index contributed by atoms with van der Waals surface area (Å²) in [6.45, 7) is 4.07. The van der Waals surface area contributed by atoms with Gasteiger partial charge in [0, 0.05) is 18.0 Å². The Bertz CT molecular complexity index is 332. The molecule has 1 N–H and O–H groups in total. The summed E-state index contributed by atoms with van der Waals surface area (Å²) in [6, 6.07) is 2.17. The summed E-state index contributed by atoms with van der Waals surface area (Å²) in [4.78, 5) is 1.43. The number of hydrogen-bond acceptors (Lipinski definition) is 3. The third-order valence-corrected chi connectivity index (χ3v) is 3.67. The SMILES string of the molecule is Cc1ccsc1CNCC1CCC=CO1. The van der Waals surface area contributed by atoms with Crippen LogP contribution < -0.4 is 5.32 Å². The Morgan fingerprint density at radius 1 is 1.60 bits per heavy atom. The molecule has 15 heavy (non-hydrogen) atoms. The Balaban J connectivity index is 1.71. The lowest BCUT2D eigenvalue weighted by molar-refractivity contribution is 0.122. The first-order chi connectivity index (χ1) is 7.36. The van der Waals surface area contributed by atoms with Gasteiger partial charge in [-0.15, -0.1) is 11.3 Å². The van der Waals surface area contributed by atoms with Crippen molar-refractivity contribution in [1.82, 2.24) is 5.32 Å². The van der Waals surface area contributed by atoms with Gasteiger partial charge in [0.1, 0.15) is 6.10 Å². The Kier molecular flexibility index (Phi) is 3.80. The molecule has 0 fully saturated rings. The monoisotopic (exact) mass is 223 g/mol. The second-order valence-electron chi connectivity index (χ2n) is 3.86. The molecule has 82 valence electrons. The van der Waals surface area contributed by atoms with Crippen LogP contribution in [0.1, 0.15) is 23.3 Å². The minimum Gasteiger partial charge on any atom is -0.497 e. The average Bonchev–Trinajstić information content (AvgIpc) is 2.66. The van der Waals surface area contributed by atoms with E-state index in [0.717, 1.165) is 25.9 Å². The summed E-state index contributed by atoms with van der Waals surface area (Å²) in [5.74, 6) is 0. The number of thiophene rings is 1. The second-order valence-corrected chi connectivity index (χ2v) is 4.87. The van der Waals surface area contributed by atoms with Crippen LogP contribution in [-0.4, -0.2) is 12.6 Å². The zero-order valence-corrected chi connectivity index (χ0v) is 9.85. The predicted octanol–water partition coefficient (Wildman–Crippen LogP) is 2.84. The first kappa shape index (κ1) is 10.7. The molecule has 0 saturated carbocycles. The molecule has 2 heterocycles. The summed E-state index contributed by atoms with van der Waals surface area (Å²) < 4.78 is 5.49. The number of nitrogens with one attached hydrogen (secondary N) is 1. The zero-order valence-electron chi connectivity index (χ0n) is 9.03. The van der Waals surface area contributed by atoms with Crippen molar-refractivity contribution >= 4 is 11.3 Å². The summed E-state index contributed by atoms with van der Waals surface area (Å²) in [5, 5.41) is 5.59. The fraction of sp³-hybridized carbons (Fsp3) is 0.500. The highest BCUT2D eigenvalue weighted by atomic mass is 32.1. The van der Waals surface area contributed by atoms with Gasteiger partial charge in [0.25, 0.3) is 0 Å². The first-order valence-corrected chi connectivity index (χ1v) is 6.28. The van der Waals surface area contributed by atoms with Crippen LogP contribution in [0.15, 0.2) is 23.8 Å². The molecule has 1 atom stereocenters. The van der Waals surface area contributed by atoms with Gasteiger partial charge >= 0.3 is 0 Å². The lowest BCUT2D eigenvalue weighted by Gasteiger charge is -2.19. The van der Waals surface area contributed by atoms with Gasteiger partial charge in [-0.3, -0.25) is 0 Å². The summed E-state index contributed by atoms with van der Waals surface area (Å²) >= 11 is 1.82. The van der Waals surface area contributed by atoms with Gasteiger partial charge < -0.3 is 10.1 Å². The van der Waals surface area contributed by atoms with Crippen molar-refractivity contribution < 1.29 is 4.74 Å². The molecule has 1 aliphatic heterocycles. The standard InChI is InChI=1S/C12H17NOS/c1-10-5-7-15-12(10)9-13-8-11-4-2-3-6-14-11/h3,5-7,11,13H,2,4,8-9H2,1H3. The summed E-state index contributed by atoms with van der Waals surface area (Å²) in [5.41, 5.74) is 1.39. The maximum absolute atomic E-state index is 5.49. The molecule has 0 aliphatic carbocycles. The molecule has 1 aliphatic rings. The fourth-order valence-electron chi connectivity index (χ4n) is 1.67. The summed E-state index contributed by atoms with van der Waals surface area (Å²) in [7, 11) is 0. The van der Waals surface area contributed by atoms with Gasteiger partial charge in [0.2, 0.25) is 0 Å². The third kappa shape index (κ3) is 3.08. The normalized spacial score (nSPS) is 20.2. The molecule has 0 radical (unpaired) electrons. The highest BCUT2D eigenvalue weighted by Gasteiger charge is 2.10. The molecule has 0 aromatic carbocycles. The van der Waals surface area contributed by atoms with E-state index in [-0.39, 0.29) is 0 Å². The van der Waals surface area contributed by atoms with Crippen LogP contribution >= 0.6 is 11.3 Å². The number of ether oxygens (including phenoxy) is 1. The van der Waals surface area contributed by atoms with E-state index in [0.29, 0.717) is 6.10 Å². The molecule has 1 aromatic heterocycles. The quantitative estimate of drug-likeness (QED) is 0.847. The maximum atomic E-state index is 5.49. The fourth-order valence-corrected chi connectivity index (χ4v) is 2.54. The van der Waals surface area contributed by atoms with Crippen LogP contribution in [0.4, 0.5) is 0 Å². The summed E-state index contributed by atoms with van der Waals surface area (Å²) in [6.07, 6.45) is 6.54. The van der Waals surface area contributed by atoms with Gasteiger partial charge in [0.15, 0.2) is 0 Å². The Morgan fingerprint density at radius 2 is 2.53 bits per heavy atom. The molecule has 2 rings (SSSR count). The van der Waals surface area contributed by atoms with Crippen molar-refractivity contribution in [2.45, 2.75) is 32.4 Å². The average molecular weight is 223 g/mol. The Morgan fingerprint density at radius 3 is 3.20 bits per heavy atom.